The normalized spacial score (nSPS) is 31.4. The molecule has 1 fully saturated rings. The maximum Gasteiger partial charge on any atom is 0.313 e. The van der Waals surface area contributed by atoms with Crippen molar-refractivity contribution in [2.75, 3.05) is 6.61 Å². The Morgan fingerprint density at radius 2 is 2.18 bits per heavy atom. The lowest BCUT2D eigenvalue weighted by Crippen LogP contribution is -2.41. The molecule has 2 aliphatic carbocycles. The summed E-state index contributed by atoms with van der Waals surface area (Å²) in [6.45, 7) is 4.22. The fraction of sp³-hybridized carbons (Fsp3) is 0.786. The zero-order valence-corrected chi connectivity index (χ0v) is 10.7. The number of rotatable bonds is 2. The van der Waals surface area contributed by atoms with Crippen molar-refractivity contribution in [3.05, 3.63) is 11.6 Å². The van der Waals surface area contributed by atoms with Gasteiger partial charge in [-0.2, -0.15) is 0 Å². The van der Waals surface area contributed by atoms with E-state index in [0.717, 1.165) is 31.3 Å². The summed E-state index contributed by atoms with van der Waals surface area (Å²) >= 11 is 0. The van der Waals surface area contributed by atoms with Gasteiger partial charge in [0.15, 0.2) is 0 Å². The average Bonchev–Trinajstić information content (AvgIpc) is 2.65. The molecule has 96 valence electrons. The van der Waals surface area contributed by atoms with Crippen LogP contribution in [0.3, 0.4) is 0 Å². The van der Waals surface area contributed by atoms with Gasteiger partial charge in [0.25, 0.3) is 0 Å². The summed E-state index contributed by atoms with van der Waals surface area (Å²) in [5.41, 5.74) is 0.953. The molecule has 1 N–H and O–H groups in total. The molecular weight excluding hydrogens is 216 g/mol. The van der Waals surface area contributed by atoms with Crippen LogP contribution in [0.5, 0.6) is 0 Å². The van der Waals surface area contributed by atoms with E-state index < -0.39 is 6.10 Å². The van der Waals surface area contributed by atoms with E-state index in [0.29, 0.717) is 13.0 Å². The van der Waals surface area contributed by atoms with Gasteiger partial charge in [-0.1, -0.05) is 24.5 Å². The summed E-state index contributed by atoms with van der Waals surface area (Å²) in [5.74, 6) is -0.233. The van der Waals surface area contributed by atoms with Gasteiger partial charge in [0.05, 0.1) is 18.6 Å². The third-order valence-electron chi connectivity index (χ3n) is 4.26. The van der Waals surface area contributed by atoms with Gasteiger partial charge >= 0.3 is 5.97 Å². The summed E-state index contributed by atoms with van der Waals surface area (Å²) in [6, 6.07) is 0. The zero-order valence-electron chi connectivity index (χ0n) is 10.7. The highest BCUT2D eigenvalue weighted by atomic mass is 16.5. The minimum absolute atomic E-state index is 0.0372. The molecule has 0 saturated heterocycles. The monoisotopic (exact) mass is 238 g/mol. The molecule has 1 saturated carbocycles. The fourth-order valence-corrected chi connectivity index (χ4v) is 3.71. The van der Waals surface area contributed by atoms with Crippen molar-refractivity contribution in [1.82, 2.24) is 0 Å². The van der Waals surface area contributed by atoms with Crippen molar-refractivity contribution >= 4 is 5.97 Å². The second-order valence-electron chi connectivity index (χ2n) is 5.44. The van der Waals surface area contributed by atoms with Crippen LogP contribution in [-0.4, -0.2) is 23.8 Å². The lowest BCUT2D eigenvalue weighted by atomic mass is 9.64. The number of aliphatic hydroxyl groups excluding tert-OH is 1. The van der Waals surface area contributed by atoms with Crippen LogP contribution in [0, 0.1) is 11.3 Å². The summed E-state index contributed by atoms with van der Waals surface area (Å²) in [4.78, 5) is 12.1. The molecule has 2 atom stereocenters. The topological polar surface area (TPSA) is 46.5 Å². The van der Waals surface area contributed by atoms with Crippen molar-refractivity contribution in [3.63, 3.8) is 0 Å². The summed E-state index contributed by atoms with van der Waals surface area (Å²) in [5, 5.41) is 9.91. The molecule has 0 aromatic rings. The number of carbonyl (C=O) groups excluding carboxylic acids is 1. The second kappa shape index (κ2) is 4.81. The molecule has 0 heterocycles. The predicted octanol–water partition coefficient (Wildman–Crippen LogP) is 2.44. The molecule has 0 radical (unpaired) electrons. The molecule has 0 bridgehead atoms. The highest BCUT2D eigenvalue weighted by molar-refractivity contribution is 5.77. The van der Waals surface area contributed by atoms with Crippen LogP contribution in [-0.2, 0) is 9.53 Å². The standard InChI is InChI=1S/C14H22O3/c1-3-17-13(16)12-10(2)8-11(15)9-14(12)6-4-5-7-14/h8,11-12,15H,3-7,9H2,1-2H3/t11-,12+/m1/s1. The van der Waals surface area contributed by atoms with E-state index in [1.54, 1.807) is 0 Å². The van der Waals surface area contributed by atoms with Gasteiger partial charge in [-0.25, -0.2) is 0 Å². The van der Waals surface area contributed by atoms with E-state index in [2.05, 4.69) is 0 Å². The minimum atomic E-state index is -0.390. The lowest BCUT2D eigenvalue weighted by molar-refractivity contribution is -0.152. The van der Waals surface area contributed by atoms with E-state index in [-0.39, 0.29) is 17.3 Å². The van der Waals surface area contributed by atoms with Crippen molar-refractivity contribution in [2.24, 2.45) is 11.3 Å². The maximum absolute atomic E-state index is 12.1. The first kappa shape index (κ1) is 12.6. The summed E-state index contributed by atoms with van der Waals surface area (Å²) < 4.78 is 5.21. The van der Waals surface area contributed by atoms with E-state index in [1.165, 1.54) is 0 Å². The fourth-order valence-electron chi connectivity index (χ4n) is 3.71. The summed E-state index contributed by atoms with van der Waals surface area (Å²) in [7, 11) is 0. The Morgan fingerprint density at radius 3 is 2.76 bits per heavy atom. The Morgan fingerprint density at radius 1 is 1.53 bits per heavy atom. The molecule has 1 spiro atoms. The largest absolute Gasteiger partial charge is 0.466 e. The van der Waals surface area contributed by atoms with Gasteiger partial charge in [0.2, 0.25) is 0 Å². The van der Waals surface area contributed by atoms with Crippen LogP contribution < -0.4 is 0 Å². The second-order valence-corrected chi connectivity index (χ2v) is 5.44. The first-order valence-corrected chi connectivity index (χ1v) is 6.62. The molecule has 0 aromatic carbocycles. The van der Waals surface area contributed by atoms with Crippen LogP contribution >= 0.6 is 0 Å². The van der Waals surface area contributed by atoms with Crippen molar-refractivity contribution in [2.45, 2.75) is 52.1 Å². The van der Waals surface area contributed by atoms with Crippen LogP contribution in [0.2, 0.25) is 0 Å². The van der Waals surface area contributed by atoms with E-state index in [4.69, 9.17) is 4.74 Å². The molecule has 0 aliphatic heterocycles. The van der Waals surface area contributed by atoms with Gasteiger partial charge in [-0.15, -0.1) is 0 Å². The van der Waals surface area contributed by atoms with E-state index >= 15 is 0 Å². The number of esters is 1. The third-order valence-corrected chi connectivity index (χ3v) is 4.26. The van der Waals surface area contributed by atoms with Gasteiger partial charge in [0, 0.05) is 0 Å². The lowest BCUT2D eigenvalue weighted by Gasteiger charge is -2.41. The molecular formula is C14H22O3. The van der Waals surface area contributed by atoms with Crippen LogP contribution in [0.4, 0.5) is 0 Å². The number of carbonyl (C=O) groups is 1. The number of hydrogen-bond donors (Lipinski definition) is 1. The van der Waals surface area contributed by atoms with Gasteiger partial charge in [0.1, 0.15) is 0 Å². The summed E-state index contributed by atoms with van der Waals surface area (Å²) in [6.07, 6.45) is 6.56. The van der Waals surface area contributed by atoms with Gasteiger partial charge in [-0.05, 0) is 38.5 Å². The molecule has 0 amide bonds. The molecule has 2 aliphatic rings. The number of aliphatic hydroxyl groups is 1. The Kier molecular flexibility index (Phi) is 3.57. The smallest absolute Gasteiger partial charge is 0.313 e. The Labute approximate surface area is 103 Å². The zero-order chi connectivity index (χ0) is 12.5. The van der Waals surface area contributed by atoms with Crippen LogP contribution in [0.25, 0.3) is 0 Å². The van der Waals surface area contributed by atoms with Crippen molar-refractivity contribution < 1.29 is 14.6 Å². The highest BCUT2D eigenvalue weighted by Gasteiger charge is 2.49. The van der Waals surface area contributed by atoms with Crippen molar-refractivity contribution in [1.29, 1.82) is 0 Å². The third kappa shape index (κ3) is 2.25. The molecule has 2 rings (SSSR count). The van der Waals surface area contributed by atoms with E-state index in [9.17, 15) is 9.90 Å². The maximum atomic E-state index is 12.1. The SMILES string of the molecule is CCOC(=O)[C@@H]1C(C)=C[C@@H](O)CC12CCCC2. The molecule has 0 unspecified atom stereocenters. The molecule has 3 heteroatoms. The first-order valence-electron chi connectivity index (χ1n) is 6.62. The Bertz CT molecular complexity index is 326. The number of ether oxygens (including phenoxy) is 1. The van der Waals surface area contributed by atoms with E-state index in [1.807, 2.05) is 19.9 Å². The minimum Gasteiger partial charge on any atom is -0.466 e. The molecule has 0 aromatic heterocycles. The quantitative estimate of drug-likeness (QED) is 0.593. The Balaban J connectivity index is 2.29. The van der Waals surface area contributed by atoms with Gasteiger partial charge in [-0.3, -0.25) is 4.79 Å². The van der Waals surface area contributed by atoms with Crippen LogP contribution in [0.15, 0.2) is 11.6 Å². The number of hydrogen-bond acceptors (Lipinski definition) is 3. The average molecular weight is 238 g/mol. The van der Waals surface area contributed by atoms with Gasteiger partial charge < -0.3 is 9.84 Å². The molecule has 3 nitrogen and oxygen atoms in total. The highest BCUT2D eigenvalue weighted by Crippen LogP contribution is 2.53. The molecule has 17 heavy (non-hydrogen) atoms. The first-order chi connectivity index (χ1) is 8.09. The van der Waals surface area contributed by atoms with Crippen LogP contribution in [0.1, 0.15) is 46.0 Å². The van der Waals surface area contributed by atoms with Crippen molar-refractivity contribution in [3.8, 4) is 0 Å². The predicted molar refractivity (Wildman–Crippen MR) is 65.4 cm³/mol. The Hall–Kier alpha value is -0.830.